The number of pyridine rings is 1. The number of carbonyl (C=O) groups excluding carboxylic acids is 1. The van der Waals surface area contributed by atoms with E-state index in [-0.39, 0.29) is 25.2 Å². The van der Waals surface area contributed by atoms with Crippen LogP contribution in [0.4, 0.5) is 4.79 Å². The van der Waals surface area contributed by atoms with E-state index in [0.29, 0.717) is 13.0 Å². The third-order valence-electron chi connectivity index (χ3n) is 4.11. The first-order valence-electron chi connectivity index (χ1n) is 7.78. The van der Waals surface area contributed by atoms with Crippen LogP contribution in [0.2, 0.25) is 0 Å². The summed E-state index contributed by atoms with van der Waals surface area (Å²) in [5, 5.41) is 10.3. The first kappa shape index (κ1) is 15.5. The number of piperidine rings is 1. The molecule has 5 heteroatoms. The molecule has 1 aliphatic heterocycles. The molecule has 2 unspecified atom stereocenters. The summed E-state index contributed by atoms with van der Waals surface area (Å²) in [6, 6.07) is 15.2. The Labute approximate surface area is 135 Å². The van der Waals surface area contributed by atoms with Crippen LogP contribution >= 0.6 is 0 Å². The molecule has 2 aromatic rings. The Kier molecular flexibility index (Phi) is 4.88. The van der Waals surface area contributed by atoms with Gasteiger partial charge in [0.15, 0.2) is 0 Å². The molecule has 0 radical (unpaired) electrons. The molecule has 0 aliphatic carbocycles. The molecule has 23 heavy (non-hydrogen) atoms. The van der Waals surface area contributed by atoms with E-state index in [1.807, 2.05) is 48.5 Å². The molecule has 0 spiro atoms. The van der Waals surface area contributed by atoms with Crippen LogP contribution in [0.1, 0.15) is 23.6 Å². The van der Waals surface area contributed by atoms with Gasteiger partial charge in [-0.1, -0.05) is 36.4 Å². The van der Waals surface area contributed by atoms with Crippen LogP contribution in [0.15, 0.2) is 54.7 Å². The molecule has 5 nitrogen and oxygen atoms in total. The zero-order chi connectivity index (χ0) is 16.1. The maximum Gasteiger partial charge on any atom is 0.410 e. The summed E-state index contributed by atoms with van der Waals surface area (Å²) in [7, 11) is 0. The van der Waals surface area contributed by atoms with Gasteiger partial charge in [-0.15, -0.1) is 0 Å². The highest BCUT2D eigenvalue weighted by Crippen LogP contribution is 2.27. The van der Waals surface area contributed by atoms with Gasteiger partial charge in [-0.25, -0.2) is 4.79 Å². The Hall–Kier alpha value is -2.40. The number of amides is 1. The summed E-state index contributed by atoms with van der Waals surface area (Å²) in [5.41, 5.74) is 1.82. The van der Waals surface area contributed by atoms with Gasteiger partial charge in [0, 0.05) is 24.4 Å². The minimum Gasteiger partial charge on any atom is -0.445 e. The molecular formula is C18H20N2O3. The number of carbonyl (C=O) groups is 1. The standard InChI is InChI=1S/C18H20N2O3/c21-17-12-20(11-9-15(17)16-8-4-5-10-19-16)18(22)23-13-14-6-2-1-3-7-14/h1-8,10,15,17,21H,9,11-13H2. The number of aromatic nitrogens is 1. The number of benzene rings is 1. The van der Waals surface area contributed by atoms with Crippen molar-refractivity contribution in [2.45, 2.75) is 25.0 Å². The second-order valence-corrected chi connectivity index (χ2v) is 5.70. The largest absolute Gasteiger partial charge is 0.445 e. The van der Waals surface area contributed by atoms with Gasteiger partial charge in [-0.05, 0) is 24.1 Å². The zero-order valence-corrected chi connectivity index (χ0v) is 12.8. The SMILES string of the molecule is O=C(OCc1ccccc1)N1CCC(c2ccccn2)C(O)C1. The van der Waals surface area contributed by atoms with E-state index < -0.39 is 6.10 Å². The van der Waals surface area contributed by atoms with Crippen LogP contribution in [-0.2, 0) is 11.3 Å². The Morgan fingerprint density at radius 3 is 2.70 bits per heavy atom. The van der Waals surface area contributed by atoms with Crippen LogP contribution in [0.5, 0.6) is 0 Å². The fourth-order valence-electron chi connectivity index (χ4n) is 2.85. The van der Waals surface area contributed by atoms with E-state index in [1.165, 1.54) is 0 Å². The van der Waals surface area contributed by atoms with Crippen LogP contribution in [-0.4, -0.2) is 40.3 Å². The van der Waals surface area contributed by atoms with Crippen molar-refractivity contribution >= 4 is 6.09 Å². The molecule has 3 rings (SSSR count). The number of ether oxygens (including phenoxy) is 1. The van der Waals surface area contributed by atoms with Gasteiger partial charge < -0.3 is 14.7 Å². The van der Waals surface area contributed by atoms with Gasteiger partial charge in [0.1, 0.15) is 6.61 Å². The summed E-state index contributed by atoms with van der Waals surface area (Å²) >= 11 is 0. The van der Waals surface area contributed by atoms with Crippen molar-refractivity contribution in [2.75, 3.05) is 13.1 Å². The maximum absolute atomic E-state index is 12.1. The van der Waals surface area contributed by atoms with Gasteiger partial charge in [0.05, 0.1) is 12.6 Å². The average molecular weight is 312 g/mol. The molecule has 0 saturated carbocycles. The van der Waals surface area contributed by atoms with Crippen molar-refractivity contribution in [3.63, 3.8) is 0 Å². The lowest BCUT2D eigenvalue weighted by atomic mass is 9.90. The van der Waals surface area contributed by atoms with Gasteiger partial charge in [0.2, 0.25) is 0 Å². The summed E-state index contributed by atoms with van der Waals surface area (Å²) in [5.74, 6) is -0.0330. The Morgan fingerprint density at radius 2 is 2.00 bits per heavy atom. The fourth-order valence-corrected chi connectivity index (χ4v) is 2.85. The van der Waals surface area contributed by atoms with Crippen LogP contribution in [0, 0.1) is 0 Å². The highest BCUT2D eigenvalue weighted by molar-refractivity contribution is 5.67. The Bertz CT molecular complexity index is 633. The Balaban J connectivity index is 1.54. The molecule has 1 fully saturated rings. The fraction of sp³-hybridized carbons (Fsp3) is 0.333. The van der Waals surface area contributed by atoms with Crippen molar-refractivity contribution in [2.24, 2.45) is 0 Å². The monoisotopic (exact) mass is 312 g/mol. The number of aliphatic hydroxyl groups is 1. The van der Waals surface area contributed by atoms with Crippen molar-refractivity contribution < 1.29 is 14.6 Å². The quantitative estimate of drug-likeness (QED) is 0.946. The van der Waals surface area contributed by atoms with Gasteiger partial charge >= 0.3 is 6.09 Å². The third-order valence-corrected chi connectivity index (χ3v) is 4.11. The molecule has 1 saturated heterocycles. The molecule has 1 aromatic heterocycles. The normalized spacial score (nSPS) is 21.0. The summed E-state index contributed by atoms with van der Waals surface area (Å²) < 4.78 is 5.32. The number of likely N-dealkylation sites (tertiary alicyclic amines) is 1. The van der Waals surface area contributed by atoms with E-state index in [9.17, 15) is 9.90 Å². The molecule has 2 heterocycles. The molecule has 2 atom stereocenters. The first-order chi connectivity index (χ1) is 11.2. The zero-order valence-electron chi connectivity index (χ0n) is 12.8. The lowest BCUT2D eigenvalue weighted by Gasteiger charge is -2.35. The summed E-state index contributed by atoms with van der Waals surface area (Å²) in [4.78, 5) is 18.0. The molecule has 1 amide bonds. The van der Waals surface area contributed by atoms with Gasteiger partial charge in [-0.2, -0.15) is 0 Å². The molecule has 1 aromatic carbocycles. The van der Waals surface area contributed by atoms with Crippen molar-refractivity contribution in [3.8, 4) is 0 Å². The third kappa shape index (κ3) is 3.87. The highest BCUT2D eigenvalue weighted by atomic mass is 16.6. The molecule has 120 valence electrons. The second kappa shape index (κ2) is 7.24. The first-order valence-corrected chi connectivity index (χ1v) is 7.78. The summed E-state index contributed by atoms with van der Waals surface area (Å²) in [6.07, 6.45) is 1.40. The highest BCUT2D eigenvalue weighted by Gasteiger charge is 2.32. The summed E-state index contributed by atoms with van der Waals surface area (Å²) in [6.45, 7) is 1.08. The van der Waals surface area contributed by atoms with Crippen molar-refractivity contribution in [3.05, 3.63) is 66.0 Å². The van der Waals surface area contributed by atoms with Gasteiger partial charge in [0.25, 0.3) is 0 Å². The minimum absolute atomic E-state index is 0.0330. The van der Waals surface area contributed by atoms with Crippen LogP contribution in [0.3, 0.4) is 0 Å². The van der Waals surface area contributed by atoms with E-state index in [2.05, 4.69) is 4.98 Å². The maximum atomic E-state index is 12.1. The number of nitrogens with zero attached hydrogens (tertiary/aromatic N) is 2. The topological polar surface area (TPSA) is 62.7 Å². The van der Waals surface area contributed by atoms with Gasteiger partial charge in [-0.3, -0.25) is 4.98 Å². The molecule has 0 bridgehead atoms. The van der Waals surface area contributed by atoms with E-state index in [4.69, 9.17) is 4.74 Å². The Morgan fingerprint density at radius 1 is 1.22 bits per heavy atom. The van der Waals surface area contributed by atoms with E-state index in [0.717, 1.165) is 11.3 Å². The molecular weight excluding hydrogens is 292 g/mol. The van der Waals surface area contributed by atoms with Crippen molar-refractivity contribution in [1.29, 1.82) is 0 Å². The molecule has 1 N–H and O–H groups in total. The van der Waals surface area contributed by atoms with Crippen molar-refractivity contribution in [1.82, 2.24) is 9.88 Å². The number of rotatable bonds is 3. The van der Waals surface area contributed by atoms with E-state index in [1.54, 1.807) is 11.1 Å². The number of aliphatic hydroxyl groups excluding tert-OH is 1. The smallest absolute Gasteiger partial charge is 0.410 e. The van der Waals surface area contributed by atoms with Crippen LogP contribution in [0.25, 0.3) is 0 Å². The predicted molar refractivity (Wildman–Crippen MR) is 85.8 cm³/mol. The average Bonchev–Trinajstić information content (AvgIpc) is 2.61. The number of hydrogen-bond acceptors (Lipinski definition) is 4. The lowest BCUT2D eigenvalue weighted by molar-refractivity contribution is 0.0336. The number of β-amino-alcohol motifs (C(OH)–C–C–N with tert-alkyl or cyclic N) is 1. The minimum atomic E-state index is -0.622. The molecule has 1 aliphatic rings. The predicted octanol–water partition coefficient (Wildman–Crippen LogP) is 2.57. The second-order valence-electron chi connectivity index (χ2n) is 5.70. The van der Waals surface area contributed by atoms with E-state index >= 15 is 0 Å². The lowest BCUT2D eigenvalue weighted by Crippen LogP contribution is -2.46. The van der Waals surface area contributed by atoms with Crippen LogP contribution < -0.4 is 0 Å². The number of hydrogen-bond donors (Lipinski definition) is 1.